The van der Waals surface area contributed by atoms with E-state index in [4.69, 9.17) is 0 Å². The lowest BCUT2D eigenvalue weighted by Gasteiger charge is -2.17. The summed E-state index contributed by atoms with van der Waals surface area (Å²) in [5, 5.41) is 3.61. The van der Waals surface area contributed by atoms with Gasteiger partial charge in [-0.05, 0) is 62.5 Å². The van der Waals surface area contributed by atoms with Gasteiger partial charge in [0, 0.05) is 22.8 Å². The summed E-state index contributed by atoms with van der Waals surface area (Å²) in [6.45, 7) is 2.28. The van der Waals surface area contributed by atoms with Crippen molar-refractivity contribution in [3.05, 3.63) is 41.7 Å². The van der Waals surface area contributed by atoms with Gasteiger partial charge in [0.1, 0.15) is 5.69 Å². The fourth-order valence-electron chi connectivity index (χ4n) is 4.06. The molecule has 1 aliphatic heterocycles. The molecular formula is C20H19F6N3. The molecule has 2 aromatic heterocycles. The minimum atomic E-state index is -4.67. The summed E-state index contributed by atoms with van der Waals surface area (Å²) in [5.74, 6) is 0.286. The number of aromatic nitrogens is 2. The first-order chi connectivity index (χ1) is 13.6. The predicted molar refractivity (Wildman–Crippen MR) is 97.5 cm³/mol. The second kappa shape index (κ2) is 7.19. The first-order valence-corrected chi connectivity index (χ1v) is 9.42. The van der Waals surface area contributed by atoms with Crippen molar-refractivity contribution < 1.29 is 26.3 Å². The number of halogens is 6. The lowest BCUT2D eigenvalue weighted by atomic mass is 10.0. The number of benzene rings is 1. The molecule has 3 aromatic rings. The van der Waals surface area contributed by atoms with Gasteiger partial charge in [0.05, 0.1) is 17.3 Å². The summed E-state index contributed by atoms with van der Waals surface area (Å²) < 4.78 is 80.9. The van der Waals surface area contributed by atoms with Gasteiger partial charge in [-0.25, -0.2) is 4.98 Å². The van der Waals surface area contributed by atoms with E-state index in [1.807, 2.05) is 4.57 Å². The van der Waals surface area contributed by atoms with Crippen LogP contribution in [-0.2, 0) is 18.9 Å². The van der Waals surface area contributed by atoms with Gasteiger partial charge in [0.25, 0.3) is 0 Å². The number of rotatable bonds is 2. The molecule has 29 heavy (non-hydrogen) atoms. The van der Waals surface area contributed by atoms with Crippen molar-refractivity contribution in [1.29, 1.82) is 0 Å². The van der Waals surface area contributed by atoms with Crippen molar-refractivity contribution in [2.24, 2.45) is 5.92 Å². The van der Waals surface area contributed by atoms with Crippen LogP contribution in [0.25, 0.3) is 21.8 Å². The highest BCUT2D eigenvalue weighted by Crippen LogP contribution is 2.38. The zero-order chi connectivity index (χ0) is 20.8. The van der Waals surface area contributed by atoms with Crippen molar-refractivity contribution in [1.82, 2.24) is 14.9 Å². The maximum Gasteiger partial charge on any atom is 0.433 e. The molecule has 156 valence electrons. The van der Waals surface area contributed by atoms with Crippen LogP contribution in [0.3, 0.4) is 0 Å². The largest absolute Gasteiger partial charge is 0.433 e. The fourth-order valence-corrected chi connectivity index (χ4v) is 4.06. The molecule has 3 heterocycles. The average molecular weight is 415 g/mol. The second-order valence-electron chi connectivity index (χ2n) is 7.47. The summed E-state index contributed by atoms with van der Waals surface area (Å²) in [5.41, 5.74) is -1.08. The van der Waals surface area contributed by atoms with Crippen LogP contribution in [0.5, 0.6) is 0 Å². The van der Waals surface area contributed by atoms with E-state index in [1.54, 1.807) is 0 Å². The Kier molecular flexibility index (Phi) is 4.96. The van der Waals surface area contributed by atoms with Gasteiger partial charge in [-0.1, -0.05) is 0 Å². The van der Waals surface area contributed by atoms with Crippen LogP contribution < -0.4 is 5.32 Å². The molecule has 9 heteroatoms. The molecule has 0 bridgehead atoms. The highest BCUT2D eigenvalue weighted by atomic mass is 19.4. The molecule has 1 saturated heterocycles. The van der Waals surface area contributed by atoms with E-state index in [-0.39, 0.29) is 16.7 Å². The third-order valence-corrected chi connectivity index (χ3v) is 5.51. The Morgan fingerprint density at radius 2 is 1.69 bits per heavy atom. The molecule has 1 atom stereocenters. The van der Waals surface area contributed by atoms with Gasteiger partial charge in [-0.3, -0.25) is 0 Å². The van der Waals surface area contributed by atoms with Crippen LogP contribution in [-0.4, -0.2) is 22.6 Å². The van der Waals surface area contributed by atoms with Gasteiger partial charge in [0.15, 0.2) is 0 Å². The van der Waals surface area contributed by atoms with E-state index in [0.717, 1.165) is 56.7 Å². The first kappa shape index (κ1) is 20.0. The Hall–Kier alpha value is -2.29. The number of alkyl halides is 6. The minimum absolute atomic E-state index is 0.139. The summed E-state index contributed by atoms with van der Waals surface area (Å²) in [4.78, 5) is 3.54. The third-order valence-electron chi connectivity index (χ3n) is 5.51. The van der Waals surface area contributed by atoms with Crippen LogP contribution in [0.15, 0.2) is 30.5 Å². The maximum absolute atomic E-state index is 13.2. The smallest absolute Gasteiger partial charge is 0.339 e. The summed E-state index contributed by atoms with van der Waals surface area (Å²) >= 11 is 0. The topological polar surface area (TPSA) is 29.9 Å². The van der Waals surface area contributed by atoms with Gasteiger partial charge in [-0.2, -0.15) is 26.3 Å². The quantitative estimate of drug-likeness (QED) is 0.551. The molecule has 1 N–H and O–H groups in total. The highest BCUT2D eigenvalue weighted by molar-refractivity contribution is 6.08. The van der Waals surface area contributed by atoms with Gasteiger partial charge < -0.3 is 9.88 Å². The van der Waals surface area contributed by atoms with Crippen molar-refractivity contribution in [2.75, 3.05) is 13.1 Å². The number of nitrogens with zero attached hydrogens (tertiary/aromatic N) is 2. The van der Waals surface area contributed by atoms with Crippen LogP contribution in [0, 0.1) is 5.92 Å². The van der Waals surface area contributed by atoms with E-state index in [1.165, 1.54) is 6.07 Å². The number of nitrogens with one attached hydrogen (secondary N) is 1. The molecule has 1 aromatic carbocycles. The normalized spacial score (nSPS) is 19.0. The molecule has 0 aliphatic carbocycles. The van der Waals surface area contributed by atoms with E-state index >= 15 is 0 Å². The van der Waals surface area contributed by atoms with Crippen molar-refractivity contribution in [3.63, 3.8) is 0 Å². The zero-order valence-corrected chi connectivity index (χ0v) is 15.4. The zero-order valence-electron chi connectivity index (χ0n) is 15.4. The van der Waals surface area contributed by atoms with Crippen molar-refractivity contribution in [2.45, 2.75) is 38.2 Å². The number of pyridine rings is 1. The van der Waals surface area contributed by atoms with Gasteiger partial charge in [0.2, 0.25) is 0 Å². The average Bonchev–Trinajstić information content (AvgIpc) is 2.79. The molecule has 1 aliphatic rings. The van der Waals surface area contributed by atoms with Crippen LogP contribution in [0.2, 0.25) is 0 Å². The van der Waals surface area contributed by atoms with Crippen LogP contribution >= 0.6 is 0 Å². The van der Waals surface area contributed by atoms with E-state index in [0.29, 0.717) is 17.6 Å². The van der Waals surface area contributed by atoms with Crippen molar-refractivity contribution in [3.8, 4) is 0 Å². The Labute approximate surface area is 162 Å². The minimum Gasteiger partial charge on any atom is -0.339 e. The van der Waals surface area contributed by atoms with Crippen molar-refractivity contribution >= 4 is 21.8 Å². The molecule has 0 spiro atoms. The molecule has 3 nitrogen and oxygen atoms in total. The Morgan fingerprint density at radius 3 is 2.41 bits per heavy atom. The first-order valence-electron chi connectivity index (χ1n) is 9.42. The molecule has 0 unspecified atom stereocenters. The van der Waals surface area contributed by atoms with E-state index in [2.05, 4.69) is 10.3 Å². The van der Waals surface area contributed by atoms with Crippen LogP contribution in [0.1, 0.15) is 30.5 Å². The Balaban J connectivity index is 1.90. The summed E-state index contributed by atoms with van der Waals surface area (Å²) in [7, 11) is 0. The summed E-state index contributed by atoms with van der Waals surface area (Å²) in [6, 6.07) is 4.11. The molecule has 0 saturated carbocycles. The lowest BCUT2D eigenvalue weighted by Crippen LogP contribution is -2.16. The molecule has 0 radical (unpaired) electrons. The summed E-state index contributed by atoms with van der Waals surface area (Å²) in [6.07, 6.45) is -5.29. The SMILES string of the molecule is FC(F)(F)c1ccc2c(c1)c1cc(C(F)(F)F)ncc1n2C[C@@H]1CCCNCC1. The third kappa shape index (κ3) is 3.92. The number of hydrogen-bond acceptors (Lipinski definition) is 2. The number of hydrogen-bond donors (Lipinski definition) is 1. The van der Waals surface area contributed by atoms with Gasteiger partial charge >= 0.3 is 12.4 Å². The standard InChI is InChI=1S/C20H19F6N3/c21-19(22,23)13-3-4-16-14(8-13)15-9-18(20(24,25)26)28-10-17(15)29(16)11-12-2-1-6-27-7-5-12/h3-4,8-10,12,27H,1-2,5-7,11H2/t12-/m1/s1. The van der Waals surface area contributed by atoms with Crippen LogP contribution in [0.4, 0.5) is 26.3 Å². The molecule has 0 amide bonds. The second-order valence-corrected chi connectivity index (χ2v) is 7.47. The molecule has 1 fully saturated rings. The lowest BCUT2D eigenvalue weighted by molar-refractivity contribution is -0.141. The molecular weight excluding hydrogens is 396 g/mol. The highest BCUT2D eigenvalue weighted by Gasteiger charge is 2.34. The van der Waals surface area contributed by atoms with E-state index in [9.17, 15) is 26.3 Å². The Bertz CT molecular complexity index is 955. The van der Waals surface area contributed by atoms with Gasteiger partial charge in [-0.15, -0.1) is 0 Å². The Morgan fingerprint density at radius 1 is 0.931 bits per heavy atom. The number of fused-ring (bicyclic) bond motifs is 3. The monoisotopic (exact) mass is 415 g/mol. The predicted octanol–water partition coefficient (Wildman–Crippen LogP) is 5.62. The molecule has 4 rings (SSSR count). The maximum atomic E-state index is 13.2. The van der Waals surface area contributed by atoms with E-state index < -0.39 is 23.6 Å². The fraction of sp³-hybridized carbons (Fsp3) is 0.450.